The summed E-state index contributed by atoms with van der Waals surface area (Å²) < 4.78 is 0. The average molecular weight is 245 g/mol. The Hall–Kier alpha value is -1.29. The fraction of sp³-hybridized carbons (Fsp3) is 0.643. The van der Waals surface area contributed by atoms with Gasteiger partial charge in [-0.05, 0) is 39.7 Å². The summed E-state index contributed by atoms with van der Waals surface area (Å²) in [6.07, 6.45) is 7.83. The van der Waals surface area contributed by atoms with Crippen LogP contribution in [0.5, 0.6) is 0 Å². The van der Waals surface area contributed by atoms with Gasteiger partial charge in [-0.15, -0.1) is 0 Å². The molecule has 0 aliphatic carbocycles. The summed E-state index contributed by atoms with van der Waals surface area (Å²) in [4.78, 5) is 23.1. The Morgan fingerprint density at radius 1 is 1.22 bits per heavy atom. The average Bonchev–Trinajstić information content (AvgIpc) is 2.62. The minimum atomic E-state index is 0.171. The van der Waals surface area contributed by atoms with E-state index < -0.39 is 0 Å². The Labute approximate surface area is 107 Å². The van der Waals surface area contributed by atoms with E-state index in [0.717, 1.165) is 18.7 Å². The van der Waals surface area contributed by atoms with E-state index in [2.05, 4.69) is 21.9 Å². The van der Waals surface area contributed by atoms with Crippen LogP contribution in [0.1, 0.15) is 41.9 Å². The van der Waals surface area contributed by atoms with Crippen molar-refractivity contribution in [2.24, 2.45) is 5.92 Å². The lowest BCUT2D eigenvalue weighted by Crippen LogP contribution is -2.42. The lowest BCUT2D eigenvalue weighted by atomic mass is 9.86. The molecule has 2 aliphatic rings. The van der Waals surface area contributed by atoms with Gasteiger partial charge in [0.25, 0.3) is 0 Å². The number of piperidine rings is 1. The van der Waals surface area contributed by atoms with Gasteiger partial charge in [-0.3, -0.25) is 4.79 Å². The zero-order valence-corrected chi connectivity index (χ0v) is 11.0. The maximum absolute atomic E-state index is 12.4. The molecule has 4 nitrogen and oxygen atoms in total. The topological polar surface area (TPSA) is 46.1 Å². The zero-order valence-electron chi connectivity index (χ0n) is 11.0. The lowest BCUT2D eigenvalue weighted by molar-refractivity contribution is 0.0766. The van der Waals surface area contributed by atoms with E-state index in [-0.39, 0.29) is 11.7 Å². The Morgan fingerprint density at radius 3 is 2.33 bits per heavy atom. The summed E-state index contributed by atoms with van der Waals surface area (Å²) in [6, 6.07) is 1.20. The molecule has 18 heavy (non-hydrogen) atoms. The van der Waals surface area contributed by atoms with Gasteiger partial charge in [-0.25, -0.2) is 9.97 Å². The molecule has 0 amide bonds. The number of carbonyl (C=O) groups is 1. The molecule has 0 N–H and O–H groups in total. The van der Waals surface area contributed by atoms with E-state index in [1.54, 1.807) is 12.4 Å². The van der Waals surface area contributed by atoms with Gasteiger partial charge in [0.05, 0.1) is 5.56 Å². The molecule has 2 fully saturated rings. The molecule has 4 heteroatoms. The Bertz CT molecular complexity index is 443. The molecule has 0 aromatic carbocycles. The molecular formula is C14H19N3O. The SMILES string of the molecule is Cc1ncc(C(=O)C2CC3CCC(C2)N3C)cn1. The van der Waals surface area contributed by atoms with Gasteiger partial charge in [-0.1, -0.05) is 0 Å². The highest BCUT2D eigenvalue weighted by molar-refractivity contribution is 5.97. The highest BCUT2D eigenvalue weighted by Crippen LogP contribution is 2.38. The van der Waals surface area contributed by atoms with E-state index in [9.17, 15) is 4.79 Å². The minimum absolute atomic E-state index is 0.171. The van der Waals surface area contributed by atoms with Gasteiger partial charge >= 0.3 is 0 Å². The molecule has 0 saturated carbocycles. The molecule has 3 heterocycles. The van der Waals surface area contributed by atoms with Gasteiger partial charge in [0.1, 0.15) is 5.82 Å². The molecule has 0 radical (unpaired) electrons. The number of hydrogen-bond donors (Lipinski definition) is 0. The van der Waals surface area contributed by atoms with Crippen molar-refractivity contribution in [1.29, 1.82) is 0 Å². The predicted molar refractivity (Wildman–Crippen MR) is 68.4 cm³/mol. The summed E-state index contributed by atoms with van der Waals surface area (Å²) in [6.45, 7) is 1.84. The molecule has 2 atom stereocenters. The third-order valence-electron chi connectivity index (χ3n) is 4.53. The molecule has 1 aromatic rings. The molecule has 2 bridgehead atoms. The number of hydrogen-bond acceptors (Lipinski definition) is 4. The molecule has 2 saturated heterocycles. The van der Waals surface area contributed by atoms with E-state index in [1.165, 1.54) is 12.8 Å². The van der Waals surface area contributed by atoms with Crippen molar-refractivity contribution in [2.45, 2.75) is 44.7 Å². The monoisotopic (exact) mass is 245 g/mol. The van der Waals surface area contributed by atoms with Crippen molar-refractivity contribution < 1.29 is 4.79 Å². The highest BCUT2D eigenvalue weighted by Gasteiger charge is 2.40. The van der Waals surface area contributed by atoms with Crippen LogP contribution in [0.3, 0.4) is 0 Å². The number of carbonyl (C=O) groups excluding carboxylic acids is 1. The second-order valence-electron chi connectivity index (χ2n) is 5.60. The van der Waals surface area contributed by atoms with Gasteiger partial charge in [0.15, 0.2) is 5.78 Å². The van der Waals surface area contributed by atoms with E-state index >= 15 is 0 Å². The first-order valence-electron chi connectivity index (χ1n) is 6.70. The van der Waals surface area contributed by atoms with Crippen molar-refractivity contribution in [3.05, 3.63) is 23.8 Å². The Kier molecular flexibility index (Phi) is 2.90. The number of aromatic nitrogens is 2. The third kappa shape index (κ3) is 1.94. The molecule has 2 aliphatic heterocycles. The quantitative estimate of drug-likeness (QED) is 0.746. The van der Waals surface area contributed by atoms with Crippen LogP contribution in [0.25, 0.3) is 0 Å². The van der Waals surface area contributed by atoms with Crippen LogP contribution >= 0.6 is 0 Å². The van der Waals surface area contributed by atoms with Crippen molar-refractivity contribution in [1.82, 2.24) is 14.9 Å². The van der Waals surface area contributed by atoms with E-state index in [0.29, 0.717) is 17.6 Å². The summed E-state index contributed by atoms with van der Waals surface area (Å²) in [5.74, 6) is 1.13. The largest absolute Gasteiger partial charge is 0.300 e. The predicted octanol–water partition coefficient (Wildman–Crippen LogP) is 1.84. The van der Waals surface area contributed by atoms with E-state index in [1.807, 2.05) is 6.92 Å². The van der Waals surface area contributed by atoms with Crippen molar-refractivity contribution in [3.63, 3.8) is 0 Å². The first-order chi connectivity index (χ1) is 8.65. The van der Waals surface area contributed by atoms with Crippen molar-refractivity contribution in [2.75, 3.05) is 7.05 Å². The van der Waals surface area contributed by atoms with Crippen LogP contribution in [0, 0.1) is 12.8 Å². The summed E-state index contributed by atoms with van der Waals surface area (Å²) in [5, 5.41) is 0. The van der Waals surface area contributed by atoms with Gasteiger partial charge in [-0.2, -0.15) is 0 Å². The molecule has 96 valence electrons. The van der Waals surface area contributed by atoms with Gasteiger partial charge in [0.2, 0.25) is 0 Å². The smallest absolute Gasteiger partial charge is 0.169 e. The molecule has 3 rings (SSSR count). The van der Waals surface area contributed by atoms with Crippen LogP contribution in [0.15, 0.2) is 12.4 Å². The fourth-order valence-electron chi connectivity index (χ4n) is 3.38. The second-order valence-corrected chi connectivity index (χ2v) is 5.60. The first-order valence-corrected chi connectivity index (χ1v) is 6.70. The standard InChI is InChI=1S/C14H19N3O/c1-9-15-7-11(8-16-9)14(18)10-5-12-3-4-13(6-10)17(12)2/h7-8,10,12-13H,3-6H2,1-2H3. The Morgan fingerprint density at radius 2 is 1.78 bits per heavy atom. The number of Topliss-reactive ketones (excluding diaryl/α,β-unsaturated/α-hetero) is 1. The minimum Gasteiger partial charge on any atom is -0.300 e. The number of ketones is 1. The number of aryl methyl sites for hydroxylation is 1. The summed E-state index contributed by atoms with van der Waals surface area (Å²) >= 11 is 0. The summed E-state index contributed by atoms with van der Waals surface area (Å²) in [7, 11) is 2.19. The van der Waals surface area contributed by atoms with Crippen molar-refractivity contribution >= 4 is 5.78 Å². The molecular weight excluding hydrogens is 226 g/mol. The van der Waals surface area contributed by atoms with E-state index in [4.69, 9.17) is 0 Å². The van der Waals surface area contributed by atoms with Crippen molar-refractivity contribution in [3.8, 4) is 0 Å². The van der Waals surface area contributed by atoms with Crippen LogP contribution < -0.4 is 0 Å². The highest BCUT2D eigenvalue weighted by atomic mass is 16.1. The molecule has 1 aromatic heterocycles. The maximum Gasteiger partial charge on any atom is 0.169 e. The van der Waals surface area contributed by atoms with Gasteiger partial charge in [0, 0.05) is 30.4 Å². The number of rotatable bonds is 2. The normalized spacial score (nSPS) is 31.6. The number of nitrogens with zero attached hydrogens (tertiary/aromatic N) is 3. The van der Waals surface area contributed by atoms with Crippen LogP contribution in [-0.4, -0.2) is 39.8 Å². The first kappa shape index (κ1) is 11.8. The maximum atomic E-state index is 12.4. The third-order valence-corrected chi connectivity index (χ3v) is 4.53. The van der Waals surface area contributed by atoms with Crippen LogP contribution in [0.4, 0.5) is 0 Å². The van der Waals surface area contributed by atoms with Crippen LogP contribution in [-0.2, 0) is 0 Å². The zero-order chi connectivity index (χ0) is 12.7. The summed E-state index contributed by atoms with van der Waals surface area (Å²) in [5.41, 5.74) is 0.676. The molecule has 0 spiro atoms. The fourth-order valence-corrected chi connectivity index (χ4v) is 3.38. The number of fused-ring (bicyclic) bond motifs is 2. The lowest BCUT2D eigenvalue weighted by Gasteiger charge is -2.35. The Balaban J connectivity index is 1.76. The van der Waals surface area contributed by atoms with Crippen LogP contribution in [0.2, 0.25) is 0 Å². The molecule has 2 unspecified atom stereocenters. The second kappa shape index (κ2) is 4.43. The van der Waals surface area contributed by atoms with Gasteiger partial charge < -0.3 is 4.90 Å².